The van der Waals surface area contributed by atoms with Crippen molar-refractivity contribution in [1.29, 1.82) is 0 Å². The van der Waals surface area contributed by atoms with E-state index < -0.39 is 11.8 Å². The topological polar surface area (TPSA) is 107 Å². The maximum absolute atomic E-state index is 13.3. The number of nitrogens with zero attached hydrogens (tertiary/aromatic N) is 4. The summed E-state index contributed by atoms with van der Waals surface area (Å²) in [5, 5.41) is 11.8. The molecule has 1 atom stereocenters. The maximum atomic E-state index is 13.3. The first-order valence-corrected chi connectivity index (χ1v) is 11.5. The first-order valence-electron chi connectivity index (χ1n) is 10.8. The number of methoxy groups -OCH3 is 1. The Kier molecular flexibility index (Phi) is 5.01. The summed E-state index contributed by atoms with van der Waals surface area (Å²) in [4.78, 5) is 22.0. The number of carbonyl (C=O) groups is 1. The van der Waals surface area contributed by atoms with Crippen molar-refractivity contribution >= 4 is 45.3 Å². The molecular weight excluding hydrogens is 464 g/mol. The van der Waals surface area contributed by atoms with Gasteiger partial charge in [0.15, 0.2) is 0 Å². The predicted molar refractivity (Wildman–Crippen MR) is 131 cm³/mol. The molecule has 0 radical (unpaired) electrons. The Morgan fingerprint density at radius 2 is 1.66 bits per heavy atom. The van der Waals surface area contributed by atoms with E-state index in [9.17, 15) is 9.90 Å². The van der Waals surface area contributed by atoms with Gasteiger partial charge in [-0.3, -0.25) is 9.97 Å². The van der Waals surface area contributed by atoms with Crippen molar-refractivity contribution in [3.8, 4) is 5.75 Å². The molecular formula is C26H18N4O4S. The number of carbonyl (C=O) groups excluding carboxylic acids is 1. The zero-order chi connectivity index (χ0) is 24.0. The molecule has 1 aliphatic heterocycles. The molecule has 172 valence electrons. The van der Waals surface area contributed by atoms with Crippen LogP contribution >= 0.6 is 11.7 Å². The fourth-order valence-corrected chi connectivity index (χ4v) is 4.87. The van der Waals surface area contributed by atoms with Crippen LogP contribution in [0.3, 0.4) is 0 Å². The van der Waals surface area contributed by atoms with Crippen molar-refractivity contribution in [1.82, 2.24) is 18.7 Å². The third-order valence-electron chi connectivity index (χ3n) is 6.09. The van der Waals surface area contributed by atoms with E-state index >= 15 is 0 Å². The monoisotopic (exact) mass is 482 g/mol. The third-order valence-corrected chi connectivity index (χ3v) is 6.65. The molecule has 1 aliphatic rings. The molecule has 2 aromatic heterocycles. The predicted octanol–water partition coefficient (Wildman–Crippen LogP) is 4.04. The van der Waals surface area contributed by atoms with Crippen molar-refractivity contribution in [3.63, 3.8) is 0 Å². The van der Waals surface area contributed by atoms with E-state index in [1.165, 1.54) is 0 Å². The van der Waals surface area contributed by atoms with Gasteiger partial charge in [-0.25, -0.2) is 4.79 Å². The second-order valence-corrected chi connectivity index (χ2v) is 8.67. The number of hydrogen-bond donors (Lipinski definition) is 1. The minimum atomic E-state index is -1.95. The van der Waals surface area contributed by atoms with Gasteiger partial charge in [0.05, 0.1) is 35.4 Å². The van der Waals surface area contributed by atoms with Crippen molar-refractivity contribution in [2.24, 2.45) is 0 Å². The number of hydrogen-bond acceptors (Lipinski definition) is 9. The minimum absolute atomic E-state index is 0.253. The van der Waals surface area contributed by atoms with Gasteiger partial charge >= 0.3 is 5.97 Å². The summed E-state index contributed by atoms with van der Waals surface area (Å²) in [7, 11) is 1.56. The lowest BCUT2D eigenvalue weighted by Crippen LogP contribution is -2.29. The van der Waals surface area contributed by atoms with E-state index in [1.54, 1.807) is 55.9 Å². The smallest absolute Gasteiger partial charge is 0.342 e. The van der Waals surface area contributed by atoms with E-state index in [4.69, 9.17) is 9.47 Å². The molecule has 1 unspecified atom stereocenters. The molecule has 1 N–H and O–H groups in total. The van der Waals surface area contributed by atoms with Crippen LogP contribution in [0.4, 0.5) is 0 Å². The highest BCUT2D eigenvalue weighted by molar-refractivity contribution is 7.00. The number of ether oxygens (including phenoxy) is 2. The molecule has 0 bridgehead atoms. The normalized spacial score (nSPS) is 17.8. The van der Waals surface area contributed by atoms with Crippen molar-refractivity contribution in [3.05, 3.63) is 95.3 Å². The van der Waals surface area contributed by atoms with Crippen LogP contribution < -0.4 is 4.74 Å². The number of esters is 1. The molecule has 5 aromatic rings. The number of aliphatic hydroxyl groups is 1. The van der Waals surface area contributed by atoms with Crippen molar-refractivity contribution in [2.45, 2.75) is 12.2 Å². The Morgan fingerprint density at radius 3 is 2.46 bits per heavy atom. The van der Waals surface area contributed by atoms with Gasteiger partial charge in [-0.2, -0.15) is 8.75 Å². The summed E-state index contributed by atoms with van der Waals surface area (Å²) in [5.41, 5.74) is 5.52. The lowest BCUT2D eigenvalue weighted by molar-refractivity contribution is -0.185. The molecule has 3 aromatic carbocycles. The molecule has 0 saturated carbocycles. The number of aromatic nitrogens is 4. The molecule has 0 aliphatic carbocycles. The summed E-state index contributed by atoms with van der Waals surface area (Å²) >= 11 is 1.10. The Labute approximate surface area is 203 Å². The fourth-order valence-electron chi connectivity index (χ4n) is 4.35. The highest BCUT2D eigenvalue weighted by atomic mass is 32.1. The largest absolute Gasteiger partial charge is 0.497 e. The van der Waals surface area contributed by atoms with Gasteiger partial charge in [0, 0.05) is 30.0 Å². The average Bonchev–Trinajstić information content (AvgIpc) is 3.45. The summed E-state index contributed by atoms with van der Waals surface area (Å²) in [6.07, 6.45) is 3.52. The lowest BCUT2D eigenvalue weighted by Gasteiger charge is -2.26. The highest BCUT2D eigenvalue weighted by Crippen LogP contribution is 2.45. The van der Waals surface area contributed by atoms with E-state index in [0.717, 1.165) is 33.8 Å². The van der Waals surface area contributed by atoms with Crippen molar-refractivity contribution < 1.29 is 19.4 Å². The molecule has 8 nitrogen and oxygen atoms in total. The number of fused-ring (bicyclic) bond motifs is 2. The Morgan fingerprint density at radius 1 is 0.914 bits per heavy atom. The van der Waals surface area contributed by atoms with Gasteiger partial charge in [0.25, 0.3) is 5.79 Å². The molecule has 9 heteroatoms. The standard InChI is InChI=1S/C26H18N4O4S/c1-33-18-6-4-17(5-7-18)26(32)19(12-15-2-8-20-22(13-15)28-11-10-27-20)24(25(31)34-26)16-3-9-21-23(14-16)30-35-29-21/h2-11,13-14,32H,12H2,1H3. The molecule has 0 fully saturated rings. The minimum Gasteiger partial charge on any atom is -0.497 e. The van der Waals surface area contributed by atoms with Gasteiger partial charge in [-0.1, -0.05) is 12.1 Å². The SMILES string of the molecule is COc1ccc(C2(O)OC(=O)C(c3ccc4nsnc4c3)=C2Cc2ccc3nccnc3c2)cc1. The summed E-state index contributed by atoms with van der Waals surface area (Å²) in [6, 6.07) is 17.9. The zero-order valence-corrected chi connectivity index (χ0v) is 19.3. The Bertz CT molecular complexity index is 1630. The van der Waals surface area contributed by atoms with Crippen LogP contribution in [0.1, 0.15) is 16.7 Å². The Hall–Kier alpha value is -4.21. The molecule has 3 heterocycles. The molecule has 0 saturated heterocycles. The highest BCUT2D eigenvalue weighted by Gasteiger charge is 2.48. The second-order valence-electron chi connectivity index (χ2n) is 8.14. The van der Waals surface area contributed by atoms with Crippen LogP contribution in [0, 0.1) is 0 Å². The average molecular weight is 483 g/mol. The van der Waals surface area contributed by atoms with Gasteiger partial charge in [-0.05, 0) is 59.7 Å². The maximum Gasteiger partial charge on any atom is 0.342 e. The van der Waals surface area contributed by atoms with Crippen LogP contribution in [0.25, 0.3) is 27.6 Å². The van der Waals surface area contributed by atoms with E-state index in [0.29, 0.717) is 33.5 Å². The second kappa shape index (κ2) is 8.23. The summed E-state index contributed by atoms with van der Waals surface area (Å²) < 4.78 is 19.5. The van der Waals surface area contributed by atoms with E-state index in [1.807, 2.05) is 24.3 Å². The first-order chi connectivity index (χ1) is 17.0. The molecule has 0 amide bonds. The van der Waals surface area contributed by atoms with Gasteiger partial charge < -0.3 is 14.6 Å². The number of rotatable bonds is 5. The number of cyclic esters (lactones) is 1. The van der Waals surface area contributed by atoms with Crippen LogP contribution in [-0.2, 0) is 21.7 Å². The summed E-state index contributed by atoms with van der Waals surface area (Å²) in [5.74, 6) is -1.94. The fraction of sp³-hybridized carbons (Fsp3) is 0.115. The van der Waals surface area contributed by atoms with E-state index in [2.05, 4.69) is 18.7 Å². The molecule has 6 rings (SSSR count). The first kappa shape index (κ1) is 21.3. The molecule has 0 spiro atoms. The van der Waals surface area contributed by atoms with Gasteiger partial charge in [0.2, 0.25) is 0 Å². The van der Waals surface area contributed by atoms with Gasteiger partial charge in [0.1, 0.15) is 16.8 Å². The summed E-state index contributed by atoms with van der Waals surface area (Å²) in [6.45, 7) is 0. The van der Waals surface area contributed by atoms with Gasteiger partial charge in [-0.15, -0.1) is 0 Å². The third kappa shape index (κ3) is 3.61. The van der Waals surface area contributed by atoms with Crippen LogP contribution in [0.5, 0.6) is 5.75 Å². The molecule has 35 heavy (non-hydrogen) atoms. The van der Waals surface area contributed by atoms with Crippen LogP contribution in [-0.4, -0.2) is 36.9 Å². The quantitative estimate of drug-likeness (QED) is 0.374. The van der Waals surface area contributed by atoms with Crippen LogP contribution in [0.15, 0.2) is 78.6 Å². The zero-order valence-electron chi connectivity index (χ0n) is 18.5. The van der Waals surface area contributed by atoms with Crippen molar-refractivity contribution in [2.75, 3.05) is 7.11 Å². The Balaban J connectivity index is 1.53. The number of benzene rings is 3. The van der Waals surface area contributed by atoms with Crippen LogP contribution in [0.2, 0.25) is 0 Å². The lowest BCUT2D eigenvalue weighted by atomic mass is 9.88. The van der Waals surface area contributed by atoms with E-state index in [-0.39, 0.29) is 6.42 Å².